The van der Waals surface area contributed by atoms with Gasteiger partial charge in [0.2, 0.25) is 5.91 Å². The third kappa shape index (κ3) is 4.62. The molecule has 0 saturated carbocycles. The zero-order chi connectivity index (χ0) is 21.2. The first-order chi connectivity index (χ1) is 13.7. The van der Waals surface area contributed by atoms with E-state index in [9.17, 15) is 18.0 Å². The first-order valence-corrected chi connectivity index (χ1v) is 9.00. The highest BCUT2D eigenvalue weighted by Crippen LogP contribution is 2.34. The minimum atomic E-state index is -4.42. The van der Waals surface area contributed by atoms with Crippen LogP contribution >= 0.6 is 0 Å². The summed E-state index contributed by atoms with van der Waals surface area (Å²) in [5.41, 5.74) is 2.56. The molecule has 29 heavy (non-hydrogen) atoms. The van der Waals surface area contributed by atoms with Crippen LogP contribution in [0.4, 0.5) is 18.9 Å². The number of rotatable bonds is 5. The van der Waals surface area contributed by atoms with Gasteiger partial charge < -0.3 is 14.5 Å². The van der Waals surface area contributed by atoms with E-state index in [4.69, 9.17) is 9.15 Å². The number of fused-ring (bicyclic) bond motifs is 1. The molecule has 0 aliphatic rings. The minimum Gasteiger partial charge on any atom is -0.493 e. The summed E-state index contributed by atoms with van der Waals surface area (Å²) in [7, 11) is 0. The van der Waals surface area contributed by atoms with Crippen LogP contribution in [0.3, 0.4) is 0 Å². The molecule has 152 valence electrons. The van der Waals surface area contributed by atoms with Crippen LogP contribution in [-0.4, -0.2) is 12.5 Å². The van der Waals surface area contributed by atoms with Crippen LogP contribution in [0, 0.1) is 6.92 Å². The number of aryl methyl sites for hydroxylation is 1. The van der Waals surface area contributed by atoms with Crippen LogP contribution in [0.15, 0.2) is 53.2 Å². The Bertz CT molecular complexity index is 1060. The van der Waals surface area contributed by atoms with E-state index < -0.39 is 17.6 Å². The predicted molar refractivity (Wildman–Crippen MR) is 106 cm³/mol. The van der Waals surface area contributed by atoms with Crippen LogP contribution in [0.2, 0.25) is 0 Å². The number of carbonyl (C=O) groups is 1. The molecular formula is C22H20F3NO3. The number of amides is 1. The molecule has 0 unspecified atom stereocenters. The number of ether oxygens (including phenoxy) is 1. The highest BCUT2D eigenvalue weighted by atomic mass is 19.4. The molecule has 0 aliphatic carbocycles. The lowest BCUT2D eigenvalue weighted by molar-refractivity contribution is -0.137. The van der Waals surface area contributed by atoms with Crippen molar-refractivity contribution in [2.24, 2.45) is 0 Å². The fraction of sp³-hybridized carbons (Fsp3) is 0.227. The van der Waals surface area contributed by atoms with Gasteiger partial charge in [0, 0.05) is 28.8 Å². The topological polar surface area (TPSA) is 51.5 Å². The number of carbonyl (C=O) groups excluding carboxylic acids is 1. The van der Waals surface area contributed by atoms with Gasteiger partial charge in [-0.05, 0) is 62.2 Å². The van der Waals surface area contributed by atoms with Crippen molar-refractivity contribution in [3.05, 3.63) is 65.4 Å². The van der Waals surface area contributed by atoms with Crippen LogP contribution in [-0.2, 0) is 11.0 Å². The zero-order valence-corrected chi connectivity index (χ0v) is 16.2. The Morgan fingerprint density at radius 2 is 1.90 bits per heavy atom. The van der Waals surface area contributed by atoms with Gasteiger partial charge in [0.25, 0.3) is 0 Å². The maximum Gasteiger partial charge on any atom is 0.416 e. The number of halogens is 3. The standard InChI is InChI=1S/C22H20F3NO3/c1-4-28-19-11-20-18(14(3)12-29-20)10-17(19)13(2)9-21(27)26-16-7-5-15(6-8-16)22(23,24)25/h5-12H,4H2,1-3H3,(H,26,27)/b13-9+. The van der Waals surface area contributed by atoms with Crippen LogP contribution in [0.1, 0.15) is 30.5 Å². The number of alkyl halides is 3. The Kier molecular flexibility index (Phi) is 5.68. The van der Waals surface area contributed by atoms with Gasteiger partial charge in [-0.25, -0.2) is 0 Å². The molecule has 3 rings (SSSR count). The number of furan rings is 1. The second kappa shape index (κ2) is 8.03. The van der Waals surface area contributed by atoms with Crippen LogP contribution in [0.25, 0.3) is 16.5 Å². The summed E-state index contributed by atoms with van der Waals surface area (Å²) in [4.78, 5) is 12.4. The molecule has 7 heteroatoms. The quantitative estimate of drug-likeness (QED) is 0.516. The highest BCUT2D eigenvalue weighted by Gasteiger charge is 2.29. The van der Waals surface area contributed by atoms with E-state index in [0.29, 0.717) is 23.5 Å². The van der Waals surface area contributed by atoms with E-state index in [0.717, 1.165) is 28.6 Å². The molecule has 2 aromatic carbocycles. The van der Waals surface area contributed by atoms with E-state index in [1.54, 1.807) is 19.3 Å². The van der Waals surface area contributed by atoms with Crippen LogP contribution in [0.5, 0.6) is 5.75 Å². The average Bonchev–Trinajstić information content (AvgIpc) is 3.01. The fourth-order valence-corrected chi connectivity index (χ4v) is 2.96. The van der Waals surface area contributed by atoms with Gasteiger partial charge in [-0.2, -0.15) is 13.2 Å². The SMILES string of the molecule is CCOc1cc2occ(C)c2cc1/C(C)=C/C(=O)Nc1ccc(C(F)(F)F)cc1. The fourth-order valence-electron chi connectivity index (χ4n) is 2.96. The molecule has 1 heterocycles. The van der Waals surface area contributed by atoms with E-state index in [2.05, 4.69) is 5.32 Å². The van der Waals surface area contributed by atoms with Gasteiger partial charge in [0.05, 0.1) is 18.4 Å². The third-order valence-electron chi connectivity index (χ3n) is 4.42. The molecule has 0 radical (unpaired) electrons. The van der Waals surface area contributed by atoms with Crippen molar-refractivity contribution in [2.45, 2.75) is 26.9 Å². The minimum absolute atomic E-state index is 0.276. The van der Waals surface area contributed by atoms with Crippen molar-refractivity contribution in [2.75, 3.05) is 11.9 Å². The Morgan fingerprint density at radius 1 is 1.21 bits per heavy atom. The van der Waals surface area contributed by atoms with Crippen molar-refractivity contribution in [3.8, 4) is 5.75 Å². The van der Waals surface area contributed by atoms with Gasteiger partial charge >= 0.3 is 6.18 Å². The summed E-state index contributed by atoms with van der Waals surface area (Å²) < 4.78 is 49.1. The third-order valence-corrected chi connectivity index (χ3v) is 4.42. The molecule has 4 nitrogen and oxygen atoms in total. The summed E-state index contributed by atoms with van der Waals surface area (Å²) in [6.07, 6.45) is -1.38. The number of anilines is 1. The Morgan fingerprint density at radius 3 is 2.52 bits per heavy atom. The summed E-state index contributed by atoms with van der Waals surface area (Å²) >= 11 is 0. The second-order valence-corrected chi connectivity index (χ2v) is 6.59. The zero-order valence-electron chi connectivity index (χ0n) is 16.2. The molecule has 1 N–H and O–H groups in total. The molecule has 0 spiro atoms. The maximum absolute atomic E-state index is 12.6. The number of allylic oxidation sites excluding steroid dienone is 1. The second-order valence-electron chi connectivity index (χ2n) is 6.59. The van der Waals surface area contributed by atoms with E-state index in [1.807, 2.05) is 19.9 Å². The van der Waals surface area contributed by atoms with E-state index in [1.165, 1.54) is 18.2 Å². The molecule has 1 amide bonds. The number of hydrogen-bond donors (Lipinski definition) is 1. The lowest BCUT2D eigenvalue weighted by Gasteiger charge is -2.12. The number of hydrogen-bond acceptors (Lipinski definition) is 3. The predicted octanol–water partition coefficient (Wildman–Crippen LogP) is 6.20. The van der Waals surface area contributed by atoms with Crippen molar-refractivity contribution in [1.29, 1.82) is 0 Å². The average molecular weight is 403 g/mol. The van der Waals surface area contributed by atoms with Crippen molar-refractivity contribution < 1.29 is 27.1 Å². The van der Waals surface area contributed by atoms with Crippen LogP contribution < -0.4 is 10.1 Å². The summed E-state index contributed by atoms with van der Waals surface area (Å²) in [6.45, 7) is 6.00. The summed E-state index contributed by atoms with van der Waals surface area (Å²) in [5.74, 6) is 0.138. The lowest BCUT2D eigenvalue weighted by atomic mass is 10.0. The lowest BCUT2D eigenvalue weighted by Crippen LogP contribution is -2.10. The molecular weight excluding hydrogens is 383 g/mol. The van der Waals surface area contributed by atoms with Gasteiger partial charge in [0.15, 0.2) is 0 Å². The van der Waals surface area contributed by atoms with E-state index in [-0.39, 0.29) is 5.69 Å². The molecule has 3 aromatic rings. The highest BCUT2D eigenvalue weighted by molar-refractivity contribution is 6.04. The van der Waals surface area contributed by atoms with Crippen molar-refractivity contribution in [1.82, 2.24) is 0 Å². The molecule has 0 atom stereocenters. The smallest absolute Gasteiger partial charge is 0.416 e. The summed E-state index contributed by atoms with van der Waals surface area (Å²) in [6, 6.07) is 7.97. The molecule has 0 saturated heterocycles. The van der Waals surface area contributed by atoms with Crippen molar-refractivity contribution in [3.63, 3.8) is 0 Å². The van der Waals surface area contributed by atoms with Gasteiger partial charge in [-0.1, -0.05) is 0 Å². The molecule has 1 aromatic heterocycles. The Balaban J connectivity index is 1.85. The molecule has 0 aliphatic heterocycles. The first kappa shape index (κ1) is 20.5. The monoisotopic (exact) mass is 403 g/mol. The Labute approximate surface area is 166 Å². The van der Waals surface area contributed by atoms with E-state index >= 15 is 0 Å². The molecule has 0 bridgehead atoms. The maximum atomic E-state index is 12.6. The summed E-state index contributed by atoms with van der Waals surface area (Å²) in [5, 5.41) is 3.49. The Hall–Kier alpha value is -3.22. The van der Waals surface area contributed by atoms with Gasteiger partial charge in [0.1, 0.15) is 11.3 Å². The largest absolute Gasteiger partial charge is 0.493 e. The van der Waals surface area contributed by atoms with Gasteiger partial charge in [-0.15, -0.1) is 0 Å². The molecule has 0 fully saturated rings. The normalized spacial score (nSPS) is 12.3. The van der Waals surface area contributed by atoms with Crippen molar-refractivity contribution >= 4 is 28.1 Å². The first-order valence-electron chi connectivity index (χ1n) is 9.00. The van der Waals surface area contributed by atoms with Gasteiger partial charge in [-0.3, -0.25) is 4.79 Å². The number of nitrogens with one attached hydrogen (secondary N) is 1. The number of benzene rings is 2.